The average Bonchev–Trinajstić information content (AvgIpc) is 3.35. The Morgan fingerprint density at radius 2 is 1.78 bits per heavy atom. The van der Waals surface area contributed by atoms with E-state index in [9.17, 15) is 0 Å². The predicted octanol–water partition coefficient (Wildman–Crippen LogP) is 0.00290. The Morgan fingerprint density at radius 3 is 2.62 bits per heavy atom. The van der Waals surface area contributed by atoms with E-state index in [1.165, 1.54) is 14.8 Å². The molecule has 0 aliphatic carbocycles. The van der Waals surface area contributed by atoms with Gasteiger partial charge < -0.3 is 0 Å². The van der Waals surface area contributed by atoms with Gasteiger partial charge in [0.25, 0.3) is 0 Å². The van der Waals surface area contributed by atoms with Crippen molar-refractivity contribution in [3.05, 3.63) is 100 Å². The monoisotopic (exact) mass is 606 g/mol. The van der Waals surface area contributed by atoms with Crippen LogP contribution >= 0.6 is 0 Å². The van der Waals surface area contributed by atoms with Gasteiger partial charge in [-0.25, -0.2) is 4.98 Å². The second-order valence-electron chi connectivity index (χ2n) is 8.75. The molecule has 0 atom stereocenters. The van der Waals surface area contributed by atoms with Gasteiger partial charge in [-0.2, -0.15) is 0 Å². The van der Waals surface area contributed by atoms with E-state index in [0.717, 1.165) is 54.9 Å². The van der Waals surface area contributed by atoms with Gasteiger partial charge in [-0.05, 0) is 0 Å². The molecule has 6 rings (SSSR count). The van der Waals surface area contributed by atoms with E-state index in [0.29, 0.717) is 6.67 Å². The molecule has 1 fully saturated rings. The van der Waals surface area contributed by atoms with Crippen LogP contribution in [0, 0.1) is 0 Å². The number of nitrogens with zero attached hydrogens (tertiary/aromatic N) is 4. The van der Waals surface area contributed by atoms with Gasteiger partial charge in [-0.15, -0.1) is 0 Å². The number of H-pyrrole nitrogens is 1. The zero-order chi connectivity index (χ0) is 24.9. The van der Waals surface area contributed by atoms with Crippen molar-refractivity contribution in [2.45, 2.75) is 0 Å². The van der Waals surface area contributed by atoms with Crippen molar-refractivity contribution in [1.82, 2.24) is 5.43 Å². The molecule has 0 saturated carbocycles. The number of amidine groups is 1. The molecular formula is C28H29IN7O+. The van der Waals surface area contributed by atoms with Crippen LogP contribution in [0.15, 0.2) is 99.0 Å². The van der Waals surface area contributed by atoms with Crippen molar-refractivity contribution >= 4 is 32.7 Å². The number of rotatable bonds is 6. The molecule has 0 amide bonds. The molecule has 0 bridgehead atoms. The second-order valence-corrected chi connectivity index (χ2v) is 11.2. The normalized spacial score (nSPS) is 17.7. The van der Waals surface area contributed by atoms with Crippen molar-refractivity contribution in [3.63, 3.8) is 0 Å². The number of hydrazine groups is 1. The number of ether oxygens (including phenoxy) is 1. The van der Waals surface area contributed by atoms with E-state index in [1.807, 2.05) is 35.7 Å². The van der Waals surface area contributed by atoms with Crippen LogP contribution < -0.4 is 46.8 Å². The molecule has 1 saturated heterocycles. The SMILES string of the molecule is C1=NC(Nc2ccc(N3CN=C(c4cc[nH+]cc4)N3)cc2)=C[I-]C(c2cccc(N3CC[OH+]CC3)c2)=C1. The number of halogens is 1. The van der Waals surface area contributed by atoms with Crippen LogP contribution in [0.3, 0.4) is 0 Å². The fraction of sp³-hybridized carbons (Fsp3) is 0.179. The number of aromatic amines is 1. The van der Waals surface area contributed by atoms with Gasteiger partial charge in [0.05, 0.1) is 0 Å². The number of allylic oxidation sites excluding steroid dienone is 1. The fourth-order valence-corrected chi connectivity index (χ4v) is 6.36. The fourth-order valence-electron chi connectivity index (χ4n) is 4.35. The first-order chi connectivity index (χ1) is 18.3. The minimum atomic E-state index is -0.330. The first-order valence-electron chi connectivity index (χ1n) is 12.3. The first-order valence-corrected chi connectivity index (χ1v) is 14.6. The molecular weight excluding hydrogens is 577 g/mol. The van der Waals surface area contributed by atoms with Crippen molar-refractivity contribution in [1.29, 1.82) is 0 Å². The quantitative estimate of drug-likeness (QED) is 0.306. The number of hydrogen-bond donors (Lipinski definition) is 2. The standard InChI is InChI=1S/C28H27IN7O/c1-2-22(18-25(3-1)35-14-16-37-17-15-35)26-10-13-31-27(19-29-26)33-23-4-6-24(7-5-23)36-20-32-28(34-36)21-8-11-30-12-9-21/h1-13,18-19,33H,14-17,20H2,(H,32,34)/q-1/p+2. The van der Waals surface area contributed by atoms with Crippen molar-refractivity contribution in [2.75, 3.05) is 48.2 Å². The summed E-state index contributed by atoms with van der Waals surface area (Å²) in [4.78, 5) is 14.8. The molecule has 37 heavy (non-hydrogen) atoms. The van der Waals surface area contributed by atoms with E-state index in [1.54, 1.807) is 0 Å². The summed E-state index contributed by atoms with van der Waals surface area (Å²) in [5, 5.41) is 5.51. The maximum atomic E-state index is 4.66. The van der Waals surface area contributed by atoms with Crippen LogP contribution in [0.1, 0.15) is 11.1 Å². The molecule has 0 unspecified atom stereocenters. The maximum absolute atomic E-state index is 4.66. The van der Waals surface area contributed by atoms with Crippen molar-refractivity contribution < 1.29 is 30.9 Å². The summed E-state index contributed by atoms with van der Waals surface area (Å²) >= 11 is -0.330. The number of anilines is 3. The van der Waals surface area contributed by atoms with E-state index in [2.05, 4.69) is 94.0 Å². The predicted molar refractivity (Wildman–Crippen MR) is 145 cm³/mol. The van der Waals surface area contributed by atoms with Crippen LogP contribution in [0.25, 0.3) is 3.58 Å². The van der Waals surface area contributed by atoms with E-state index in [-0.39, 0.29) is 21.2 Å². The van der Waals surface area contributed by atoms with Gasteiger partial charge in [0, 0.05) is 0 Å². The Hall–Kier alpha value is -3.70. The van der Waals surface area contributed by atoms with E-state index >= 15 is 0 Å². The molecule has 3 aliphatic heterocycles. The number of aromatic nitrogens is 1. The van der Waals surface area contributed by atoms with Gasteiger partial charge in [0.1, 0.15) is 0 Å². The molecule has 8 nitrogen and oxygen atoms in total. The molecule has 4 N–H and O–H groups in total. The summed E-state index contributed by atoms with van der Waals surface area (Å²) < 4.78 is 8.09. The summed E-state index contributed by atoms with van der Waals surface area (Å²) in [6.45, 7) is 4.41. The number of aliphatic hydroxyl groups is 2. The Morgan fingerprint density at radius 1 is 0.946 bits per heavy atom. The van der Waals surface area contributed by atoms with Gasteiger partial charge in [-0.1, -0.05) is 0 Å². The van der Waals surface area contributed by atoms with Gasteiger partial charge in [-0.3, -0.25) is 0 Å². The Labute approximate surface area is 226 Å². The van der Waals surface area contributed by atoms with Crippen LogP contribution in [0.4, 0.5) is 17.1 Å². The molecule has 0 radical (unpaired) electrons. The zero-order valence-electron chi connectivity index (χ0n) is 20.3. The summed E-state index contributed by atoms with van der Waals surface area (Å²) in [6, 6.07) is 21.2. The molecule has 3 aliphatic rings. The Balaban J connectivity index is 1.07. The third kappa shape index (κ3) is 5.67. The van der Waals surface area contributed by atoms with Crippen molar-refractivity contribution in [2.24, 2.45) is 9.98 Å². The summed E-state index contributed by atoms with van der Waals surface area (Å²) in [5.74, 6) is 1.77. The van der Waals surface area contributed by atoms with Crippen LogP contribution in [0.2, 0.25) is 0 Å². The molecule has 3 aromatic rings. The number of hydrogen-bond acceptors (Lipinski definition) is 6. The Kier molecular flexibility index (Phi) is 7.13. The Bertz CT molecular complexity index is 1360. The van der Waals surface area contributed by atoms with E-state index in [4.69, 9.17) is 0 Å². The summed E-state index contributed by atoms with van der Waals surface area (Å²) in [5.41, 5.74) is 9.08. The number of morpholine rings is 1. The topological polar surface area (TPSA) is 82.2 Å². The van der Waals surface area contributed by atoms with Crippen LogP contribution in [-0.2, 0) is 0 Å². The summed E-state index contributed by atoms with van der Waals surface area (Å²) in [7, 11) is 0. The number of pyridine rings is 1. The molecule has 4 heterocycles. The van der Waals surface area contributed by atoms with Crippen molar-refractivity contribution in [3.8, 4) is 0 Å². The van der Waals surface area contributed by atoms with Gasteiger partial charge in [0.15, 0.2) is 12.4 Å². The average molecular weight is 606 g/mol. The number of benzene rings is 2. The summed E-state index contributed by atoms with van der Waals surface area (Å²) in [6.07, 6.45) is 7.87. The first kappa shape index (κ1) is 23.7. The van der Waals surface area contributed by atoms with Gasteiger partial charge in [0.2, 0.25) is 0 Å². The molecule has 188 valence electrons. The minimum absolute atomic E-state index is 0.330. The third-order valence-electron chi connectivity index (χ3n) is 6.31. The number of nitrogens with one attached hydrogen (secondary N) is 3. The number of aliphatic imine (C=N–C) groups is 2. The van der Waals surface area contributed by atoms with Crippen LogP contribution in [0.5, 0.6) is 0 Å². The van der Waals surface area contributed by atoms with Gasteiger partial charge >= 0.3 is 210 Å². The molecule has 2 aromatic carbocycles. The third-order valence-corrected chi connectivity index (χ3v) is 8.86. The molecule has 9 heteroatoms. The van der Waals surface area contributed by atoms with Crippen LogP contribution in [-0.4, -0.2) is 49.8 Å². The second kappa shape index (κ2) is 11.1. The van der Waals surface area contributed by atoms with E-state index < -0.39 is 0 Å². The zero-order valence-corrected chi connectivity index (χ0v) is 22.5. The molecule has 0 spiro atoms. The molecule has 1 aromatic heterocycles.